The molecular formula is C27H27NO4. The maximum Gasteiger partial charge on any atom is 0.329 e. The first-order valence-corrected chi connectivity index (χ1v) is 10.5. The molecule has 0 unspecified atom stereocenters. The van der Waals surface area contributed by atoms with Gasteiger partial charge in [0.2, 0.25) is 0 Å². The van der Waals surface area contributed by atoms with Gasteiger partial charge >= 0.3 is 5.97 Å². The van der Waals surface area contributed by atoms with E-state index < -0.39 is 12.0 Å². The van der Waals surface area contributed by atoms with Crippen molar-refractivity contribution in [1.29, 1.82) is 0 Å². The maximum absolute atomic E-state index is 12.9. The second-order valence-electron chi connectivity index (χ2n) is 7.89. The van der Waals surface area contributed by atoms with Crippen LogP contribution in [0.25, 0.3) is 0 Å². The third-order valence-electron chi connectivity index (χ3n) is 5.34. The highest BCUT2D eigenvalue weighted by atomic mass is 16.5. The highest BCUT2D eigenvalue weighted by molar-refractivity contribution is 6.01. The molecule has 0 fully saturated rings. The van der Waals surface area contributed by atoms with E-state index in [1.165, 1.54) is 0 Å². The van der Waals surface area contributed by atoms with Crippen LogP contribution in [-0.4, -0.2) is 30.2 Å². The Morgan fingerprint density at radius 3 is 2.09 bits per heavy atom. The van der Waals surface area contributed by atoms with Gasteiger partial charge in [0, 0.05) is 23.2 Å². The van der Waals surface area contributed by atoms with Crippen LogP contribution >= 0.6 is 0 Å². The van der Waals surface area contributed by atoms with Crippen molar-refractivity contribution in [1.82, 2.24) is 0 Å². The van der Waals surface area contributed by atoms with Gasteiger partial charge in [-0.05, 0) is 44.0 Å². The fourth-order valence-corrected chi connectivity index (χ4v) is 3.21. The standard InChI is InChI=1S/C27H27NO4/c1-18-9-12-22(13-10-18)26(30)17-32-27(31)24(16-25(29)21-7-5-4-6-8-21)28-23-14-11-19(2)20(3)15-23/h4-15,24,28H,16-17H2,1-3H3/t24-/m0/s1. The molecule has 5 nitrogen and oxygen atoms in total. The molecule has 1 N–H and O–H groups in total. The quantitative estimate of drug-likeness (QED) is 0.379. The van der Waals surface area contributed by atoms with Gasteiger partial charge in [0.15, 0.2) is 18.2 Å². The zero-order chi connectivity index (χ0) is 23.1. The predicted octanol–water partition coefficient (Wildman–Crippen LogP) is 5.09. The number of carbonyl (C=O) groups excluding carboxylic acids is 3. The molecule has 0 spiro atoms. The fraction of sp³-hybridized carbons (Fsp3) is 0.222. The Bertz CT molecular complexity index is 1100. The van der Waals surface area contributed by atoms with E-state index in [0.717, 1.165) is 16.7 Å². The second kappa shape index (κ2) is 10.5. The number of aryl methyl sites for hydroxylation is 3. The number of ketones is 2. The fourth-order valence-electron chi connectivity index (χ4n) is 3.21. The lowest BCUT2D eigenvalue weighted by Crippen LogP contribution is -2.35. The van der Waals surface area contributed by atoms with E-state index in [0.29, 0.717) is 16.8 Å². The Hall–Kier alpha value is -3.73. The van der Waals surface area contributed by atoms with Crippen LogP contribution in [0, 0.1) is 20.8 Å². The van der Waals surface area contributed by atoms with E-state index in [-0.39, 0.29) is 24.6 Å². The number of rotatable bonds is 9. The lowest BCUT2D eigenvalue weighted by atomic mass is 10.0. The molecule has 0 amide bonds. The summed E-state index contributed by atoms with van der Waals surface area (Å²) in [5, 5.41) is 3.11. The van der Waals surface area contributed by atoms with Crippen molar-refractivity contribution >= 4 is 23.2 Å². The first-order chi connectivity index (χ1) is 15.3. The number of nitrogens with one attached hydrogen (secondary N) is 1. The molecule has 0 radical (unpaired) electrons. The van der Waals surface area contributed by atoms with Gasteiger partial charge in [-0.2, -0.15) is 0 Å². The molecule has 0 aromatic heterocycles. The van der Waals surface area contributed by atoms with Crippen LogP contribution in [-0.2, 0) is 9.53 Å². The number of hydrogen-bond acceptors (Lipinski definition) is 5. The summed E-state index contributed by atoms with van der Waals surface area (Å²) in [6.07, 6.45) is -0.0888. The third kappa shape index (κ3) is 6.14. The molecule has 5 heteroatoms. The number of hydrogen-bond donors (Lipinski definition) is 1. The van der Waals surface area contributed by atoms with Crippen LogP contribution in [0.2, 0.25) is 0 Å². The lowest BCUT2D eigenvalue weighted by Gasteiger charge is -2.19. The molecule has 3 rings (SSSR count). The van der Waals surface area contributed by atoms with Crippen molar-refractivity contribution in [3.63, 3.8) is 0 Å². The molecular weight excluding hydrogens is 402 g/mol. The van der Waals surface area contributed by atoms with E-state index >= 15 is 0 Å². The van der Waals surface area contributed by atoms with Gasteiger partial charge < -0.3 is 10.1 Å². The van der Waals surface area contributed by atoms with Crippen LogP contribution in [0.3, 0.4) is 0 Å². The van der Waals surface area contributed by atoms with Crippen LogP contribution in [0.15, 0.2) is 72.8 Å². The van der Waals surface area contributed by atoms with Gasteiger partial charge in [-0.25, -0.2) is 4.79 Å². The predicted molar refractivity (Wildman–Crippen MR) is 125 cm³/mol. The minimum absolute atomic E-state index is 0.0888. The van der Waals surface area contributed by atoms with Crippen LogP contribution < -0.4 is 5.32 Å². The highest BCUT2D eigenvalue weighted by Gasteiger charge is 2.25. The molecule has 3 aromatic carbocycles. The second-order valence-corrected chi connectivity index (χ2v) is 7.89. The zero-order valence-corrected chi connectivity index (χ0v) is 18.6. The Labute approximate surface area is 188 Å². The average molecular weight is 430 g/mol. The Morgan fingerprint density at radius 2 is 1.44 bits per heavy atom. The molecule has 3 aromatic rings. The number of esters is 1. The molecule has 32 heavy (non-hydrogen) atoms. The maximum atomic E-state index is 12.9. The summed E-state index contributed by atoms with van der Waals surface area (Å²) in [6.45, 7) is 5.53. The smallest absolute Gasteiger partial charge is 0.329 e. The van der Waals surface area contributed by atoms with Crippen molar-refractivity contribution in [2.75, 3.05) is 11.9 Å². The van der Waals surface area contributed by atoms with E-state index in [4.69, 9.17) is 4.74 Å². The van der Waals surface area contributed by atoms with Crippen molar-refractivity contribution in [2.45, 2.75) is 33.2 Å². The minimum atomic E-state index is -0.921. The van der Waals surface area contributed by atoms with Gasteiger partial charge in [-0.3, -0.25) is 9.59 Å². The van der Waals surface area contributed by atoms with Gasteiger partial charge in [-0.1, -0.05) is 66.2 Å². The Balaban J connectivity index is 1.73. The van der Waals surface area contributed by atoms with Crippen molar-refractivity contribution < 1.29 is 19.1 Å². The molecule has 0 aliphatic heterocycles. The summed E-state index contributed by atoms with van der Waals surface area (Å²) in [6, 6.07) is 20.7. The molecule has 1 atom stereocenters. The van der Waals surface area contributed by atoms with Crippen molar-refractivity contribution in [2.24, 2.45) is 0 Å². The number of carbonyl (C=O) groups is 3. The molecule has 0 heterocycles. The summed E-state index contributed by atoms with van der Waals surface area (Å²) in [5.74, 6) is -1.13. The van der Waals surface area contributed by atoms with Crippen LogP contribution in [0.5, 0.6) is 0 Å². The summed E-state index contributed by atoms with van der Waals surface area (Å²) in [7, 11) is 0. The molecule has 0 saturated carbocycles. The number of Topliss-reactive ketones (excluding diaryl/α,β-unsaturated/α-hetero) is 2. The van der Waals surface area contributed by atoms with Crippen molar-refractivity contribution in [3.05, 3.63) is 101 Å². The average Bonchev–Trinajstić information content (AvgIpc) is 2.80. The number of anilines is 1. The number of ether oxygens (including phenoxy) is 1. The molecule has 0 aliphatic rings. The number of benzene rings is 3. The van der Waals surface area contributed by atoms with Gasteiger partial charge in [0.25, 0.3) is 0 Å². The van der Waals surface area contributed by atoms with Gasteiger partial charge in [0.1, 0.15) is 6.04 Å². The van der Waals surface area contributed by atoms with Gasteiger partial charge in [-0.15, -0.1) is 0 Å². The molecule has 0 aliphatic carbocycles. The van der Waals surface area contributed by atoms with Gasteiger partial charge in [0.05, 0.1) is 0 Å². The Morgan fingerprint density at radius 1 is 0.781 bits per heavy atom. The summed E-state index contributed by atoms with van der Waals surface area (Å²) >= 11 is 0. The van der Waals surface area contributed by atoms with E-state index in [1.807, 2.05) is 57.2 Å². The highest BCUT2D eigenvalue weighted by Crippen LogP contribution is 2.18. The molecule has 0 saturated heterocycles. The normalized spacial score (nSPS) is 11.5. The molecule has 164 valence electrons. The first-order valence-electron chi connectivity index (χ1n) is 10.5. The Kier molecular flexibility index (Phi) is 7.55. The minimum Gasteiger partial charge on any atom is -0.456 e. The first kappa shape index (κ1) is 22.9. The zero-order valence-electron chi connectivity index (χ0n) is 18.6. The van der Waals surface area contributed by atoms with E-state index in [1.54, 1.807) is 36.4 Å². The monoisotopic (exact) mass is 429 g/mol. The van der Waals surface area contributed by atoms with E-state index in [2.05, 4.69) is 5.32 Å². The lowest BCUT2D eigenvalue weighted by molar-refractivity contribution is -0.143. The molecule has 0 bridgehead atoms. The topological polar surface area (TPSA) is 72.5 Å². The SMILES string of the molecule is Cc1ccc(C(=O)COC(=O)[C@H](CC(=O)c2ccccc2)Nc2ccc(C)c(C)c2)cc1. The summed E-state index contributed by atoms with van der Waals surface area (Å²) < 4.78 is 5.31. The van der Waals surface area contributed by atoms with Crippen LogP contribution in [0.4, 0.5) is 5.69 Å². The summed E-state index contributed by atoms with van der Waals surface area (Å²) in [5.41, 5.74) is 4.92. The van der Waals surface area contributed by atoms with E-state index in [9.17, 15) is 14.4 Å². The van der Waals surface area contributed by atoms with Crippen LogP contribution in [0.1, 0.15) is 43.8 Å². The third-order valence-corrected chi connectivity index (χ3v) is 5.34. The van der Waals surface area contributed by atoms with Crippen molar-refractivity contribution in [3.8, 4) is 0 Å². The largest absolute Gasteiger partial charge is 0.456 e. The summed E-state index contributed by atoms with van der Waals surface area (Å²) in [4.78, 5) is 38.0.